The Balaban J connectivity index is 1.17. The standard InChI is InChI=1S/C54H41N3/c1-54(2,3)40-34-49-47-30-36-24-26-45(55(41-16-8-4-9-17-41)42-18-10-5-11-19-42)28-38(36)32-51(47)57-52-33-39-29-46(27-25-37(39)31-48(52)50(35-40)53(49)57)56(43-20-12-6-13-21-43)44-22-14-7-15-23-44/h4-35H,1-3H3. The summed E-state index contributed by atoms with van der Waals surface area (Å²) in [4.78, 5) is 4.69. The quantitative estimate of drug-likeness (QED) is 0.169. The minimum absolute atomic E-state index is 0.00393. The number of para-hydroxylation sites is 4. The fraction of sp³-hybridized carbons (Fsp3) is 0.0741. The van der Waals surface area contributed by atoms with Crippen LogP contribution in [0, 0.1) is 0 Å². The summed E-state index contributed by atoms with van der Waals surface area (Å²) in [5, 5.41) is 10.1. The first-order valence-electron chi connectivity index (χ1n) is 19.8. The highest BCUT2D eigenvalue weighted by atomic mass is 15.1. The molecule has 2 aromatic heterocycles. The molecule has 0 atom stereocenters. The Hall–Kier alpha value is -7.10. The normalized spacial score (nSPS) is 12.1. The first-order valence-corrected chi connectivity index (χ1v) is 19.8. The highest BCUT2D eigenvalue weighted by Crippen LogP contribution is 2.45. The molecule has 11 aromatic rings. The van der Waals surface area contributed by atoms with Crippen LogP contribution in [0.4, 0.5) is 34.1 Å². The topological polar surface area (TPSA) is 10.9 Å². The van der Waals surface area contributed by atoms with Crippen LogP contribution in [0.15, 0.2) is 194 Å². The van der Waals surface area contributed by atoms with Crippen molar-refractivity contribution in [2.45, 2.75) is 26.2 Å². The molecule has 3 heteroatoms. The van der Waals surface area contributed by atoms with E-state index in [2.05, 4.69) is 229 Å². The second-order valence-electron chi connectivity index (χ2n) is 16.3. The third-order valence-corrected chi connectivity index (χ3v) is 11.7. The Kier molecular flexibility index (Phi) is 7.42. The molecule has 0 N–H and O–H groups in total. The van der Waals surface area contributed by atoms with Crippen LogP contribution in [0.1, 0.15) is 26.3 Å². The number of anilines is 6. The van der Waals surface area contributed by atoms with E-state index in [1.54, 1.807) is 0 Å². The molecule has 0 fully saturated rings. The molecule has 0 saturated heterocycles. The van der Waals surface area contributed by atoms with Gasteiger partial charge in [-0.2, -0.15) is 0 Å². The van der Waals surface area contributed by atoms with E-state index in [0.717, 1.165) is 34.1 Å². The Labute approximate surface area is 332 Å². The molecule has 0 spiro atoms. The zero-order valence-electron chi connectivity index (χ0n) is 32.3. The maximum Gasteiger partial charge on any atom is 0.0620 e. The van der Waals surface area contributed by atoms with E-state index in [1.807, 2.05) is 0 Å². The second-order valence-corrected chi connectivity index (χ2v) is 16.3. The van der Waals surface area contributed by atoms with Gasteiger partial charge in [-0.25, -0.2) is 0 Å². The van der Waals surface area contributed by atoms with Crippen molar-refractivity contribution in [3.05, 3.63) is 200 Å². The molecule has 0 radical (unpaired) electrons. The number of nitrogens with zero attached hydrogens (tertiary/aromatic N) is 3. The third-order valence-electron chi connectivity index (χ3n) is 11.7. The highest BCUT2D eigenvalue weighted by Gasteiger charge is 2.24. The Morgan fingerprint density at radius 1 is 0.333 bits per heavy atom. The number of fused-ring (bicyclic) bond motifs is 8. The van der Waals surface area contributed by atoms with Crippen molar-refractivity contribution in [1.82, 2.24) is 4.40 Å². The average Bonchev–Trinajstić information content (AvgIpc) is 3.74. The molecule has 0 saturated carbocycles. The van der Waals surface area contributed by atoms with E-state index >= 15 is 0 Å². The van der Waals surface area contributed by atoms with Crippen LogP contribution in [0.3, 0.4) is 0 Å². The minimum Gasteiger partial charge on any atom is -0.310 e. The van der Waals surface area contributed by atoms with Crippen LogP contribution in [0.2, 0.25) is 0 Å². The number of hydrogen-bond donors (Lipinski definition) is 0. The summed E-state index contributed by atoms with van der Waals surface area (Å²) >= 11 is 0. The molecule has 0 unspecified atom stereocenters. The smallest absolute Gasteiger partial charge is 0.0620 e. The fourth-order valence-corrected chi connectivity index (χ4v) is 8.92. The lowest BCUT2D eigenvalue weighted by Gasteiger charge is -2.25. The lowest BCUT2D eigenvalue weighted by Crippen LogP contribution is -2.10. The number of rotatable bonds is 6. The number of aromatic nitrogens is 1. The molecule has 0 aliphatic heterocycles. The van der Waals surface area contributed by atoms with Crippen LogP contribution in [-0.4, -0.2) is 4.40 Å². The first kappa shape index (κ1) is 33.3. The van der Waals surface area contributed by atoms with Gasteiger partial charge < -0.3 is 14.2 Å². The van der Waals surface area contributed by atoms with Crippen molar-refractivity contribution < 1.29 is 0 Å². The maximum absolute atomic E-state index is 2.54. The van der Waals surface area contributed by atoms with Gasteiger partial charge in [0.15, 0.2) is 0 Å². The van der Waals surface area contributed by atoms with Crippen LogP contribution in [0.5, 0.6) is 0 Å². The molecule has 2 heterocycles. The summed E-state index contributed by atoms with van der Waals surface area (Å²) in [5.41, 5.74) is 11.9. The molecule has 0 amide bonds. The van der Waals surface area contributed by atoms with Gasteiger partial charge >= 0.3 is 0 Å². The predicted molar refractivity (Wildman–Crippen MR) is 244 cm³/mol. The van der Waals surface area contributed by atoms with E-state index in [0.29, 0.717) is 0 Å². The molecule has 11 rings (SSSR count). The maximum atomic E-state index is 2.54. The molecule has 9 aromatic carbocycles. The largest absolute Gasteiger partial charge is 0.310 e. The SMILES string of the molecule is CC(C)(C)c1cc2c3cc4ccc(N(c5ccccc5)c5ccccc5)cc4cc3n3c4cc5cc(N(c6ccccc6)c6ccccc6)ccc5cc4c(c1)c23. The highest BCUT2D eigenvalue weighted by molar-refractivity contribution is 6.26. The number of hydrogen-bond acceptors (Lipinski definition) is 2. The van der Waals surface area contributed by atoms with Crippen molar-refractivity contribution in [1.29, 1.82) is 0 Å². The van der Waals surface area contributed by atoms with Gasteiger partial charge in [0.2, 0.25) is 0 Å². The van der Waals surface area contributed by atoms with Gasteiger partial charge in [-0.15, -0.1) is 0 Å². The second kappa shape index (κ2) is 12.7. The Morgan fingerprint density at radius 2 is 0.702 bits per heavy atom. The van der Waals surface area contributed by atoms with Gasteiger partial charge in [-0.05, 0) is 142 Å². The van der Waals surface area contributed by atoms with Crippen molar-refractivity contribution in [2.24, 2.45) is 0 Å². The average molecular weight is 732 g/mol. The van der Waals surface area contributed by atoms with Crippen LogP contribution >= 0.6 is 0 Å². The zero-order chi connectivity index (χ0) is 38.3. The van der Waals surface area contributed by atoms with Crippen molar-refractivity contribution in [3.8, 4) is 0 Å². The van der Waals surface area contributed by atoms with Crippen molar-refractivity contribution in [2.75, 3.05) is 9.80 Å². The van der Waals surface area contributed by atoms with E-state index in [1.165, 1.54) is 65.2 Å². The summed E-state index contributed by atoms with van der Waals surface area (Å²) < 4.78 is 2.54. The predicted octanol–water partition coefficient (Wildman–Crippen LogP) is 15.4. The first-order chi connectivity index (χ1) is 27.9. The lowest BCUT2D eigenvalue weighted by atomic mass is 9.85. The molecule has 0 aliphatic carbocycles. The summed E-state index contributed by atoms with van der Waals surface area (Å²) in [6, 6.07) is 71.0. The Morgan fingerprint density at radius 3 is 1.05 bits per heavy atom. The number of benzene rings is 9. The van der Waals surface area contributed by atoms with Gasteiger partial charge in [0.05, 0.1) is 16.6 Å². The molecule has 0 aliphatic rings. The van der Waals surface area contributed by atoms with Gasteiger partial charge in [-0.3, -0.25) is 0 Å². The van der Waals surface area contributed by atoms with E-state index in [4.69, 9.17) is 0 Å². The van der Waals surface area contributed by atoms with E-state index in [9.17, 15) is 0 Å². The summed E-state index contributed by atoms with van der Waals surface area (Å²) in [5.74, 6) is 0. The minimum atomic E-state index is -0.00393. The van der Waals surface area contributed by atoms with Crippen LogP contribution in [0.25, 0.3) is 59.6 Å². The van der Waals surface area contributed by atoms with E-state index in [-0.39, 0.29) is 5.41 Å². The van der Waals surface area contributed by atoms with Gasteiger partial charge in [-0.1, -0.05) is 106 Å². The van der Waals surface area contributed by atoms with Gasteiger partial charge in [0, 0.05) is 55.7 Å². The molecular weight excluding hydrogens is 691 g/mol. The summed E-state index contributed by atoms with van der Waals surface area (Å²) in [6.07, 6.45) is 0. The van der Waals surface area contributed by atoms with Gasteiger partial charge in [0.25, 0.3) is 0 Å². The summed E-state index contributed by atoms with van der Waals surface area (Å²) in [7, 11) is 0. The molecule has 3 nitrogen and oxygen atoms in total. The molecule has 0 bridgehead atoms. The summed E-state index contributed by atoms with van der Waals surface area (Å²) in [6.45, 7) is 6.97. The Bertz CT molecular complexity index is 2960. The van der Waals surface area contributed by atoms with E-state index < -0.39 is 0 Å². The van der Waals surface area contributed by atoms with Crippen LogP contribution < -0.4 is 9.80 Å². The molecular formula is C54H41N3. The van der Waals surface area contributed by atoms with Crippen LogP contribution in [-0.2, 0) is 5.41 Å². The zero-order valence-corrected chi connectivity index (χ0v) is 32.3. The molecule has 272 valence electrons. The third kappa shape index (κ3) is 5.42. The van der Waals surface area contributed by atoms with Crippen molar-refractivity contribution >= 4 is 93.8 Å². The van der Waals surface area contributed by atoms with Crippen molar-refractivity contribution in [3.63, 3.8) is 0 Å². The molecule has 57 heavy (non-hydrogen) atoms. The van der Waals surface area contributed by atoms with Gasteiger partial charge in [0.1, 0.15) is 0 Å². The fourth-order valence-electron chi connectivity index (χ4n) is 8.92. The lowest BCUT2D eigenvalue weighted by molar-refractivity contribution is 0.592. The monoisotopic (exact) mass is 731 g/mol.